The highest BCUT2D eigenvalue weighted by molar-refractivity contribution is 9.10. The topological polar surface area (TPSA) is 53.4 Å². The van der Waals surface area contributed by atoms with Gasteiger partial charge in [-0.25, -0.2) is 14.2 Å². The molecule has 1 heterocycles. The first-order valence-electron chi connectivity index (χ1n) is 5.82. The molecule has 2 aromatic rings. The van der Waals surface area contributed by atoms with Crippen LogP contribution in [0.5, 0.6) is 0 Å². The number of aromatic carboxylic acids is 1. The Balaban J connectivity index is 2.27. The maximum Gasteiger partial charge on any atom is 0.339 e. The fourth-order valence-corrected chi connectivity index (χ4v) is 2.16. The molecule has 1 aromatic heterocycles. The third kappa shape index (κ3) is 3.33. The quantitative estimate of drug-likeness (QED) is 0.929. The summed E-state index contributed by atoms with van der Waals surface area (Å²) in [4.78, 5) is 17.1. The van der Waals surface area contributed by atoms with E-state index in [9.17, 15) is 14.3 Å². The van der Waals surface area contributed by atoms with Crippen LogP contribution in [-0.4, -0.2) is 23.1 Å². The number of anilines is 1. The van der Waals surface area contributed by atoms with Gasteiger partial charge in [0.1, 0.15) is 17.2 Å². The molecule has 1 aromatic carbocycles. The molecule has 6 heteroatoms. The average Bonchev–Trinajstić information content (AvgIpc) is 2.41. The lowest BCUT2D eigenvalue weighted by Crippen LogP contribution is -2.20. The summed E-state index contributed by atoms with van der Waals surface area (Å²) in [6.07, 6.45) is 1.54. The summed E-state index contributed by atoms with van der Waals surface area (Å²) in [5.41, 5.74) is 0.985. The zero-order valence-electron chi connectivity index (χ0n) is 10.7. The monoisotopic (exact) mass is 338 g/mol. The van der Waals surface area contributed by atoms with Crippen LogP contribution in [0.2, 0.25) is 0 Å². The third-order valence-corrected chi connectivity index (χ3v) is 3.19. The number of pyridine rings is 1. The van der Waals surface area contributed by atoms with E-state index in [1.54, 1.807) is 30.3 Å². The molecule has 0 unspecified atom stereocenters. The lowest BCUT2D eigenvalue weighted by atomic mass is 10.2. The van der Waals surface area contributed by atoms with Crippen LogP contribution in [0, 0.1) is 5.82 Å². The Morgan fingerprint density at radius 2 is 2.05 bits per heavy atom. The van der Waals surface area contributed by atoms with Crippen molar-refractivity contribution >= 4 is 27.7 Å². The van der Waals surface area contributed by atoms with E-state index in [2.05, 4.69) is 20.9 Å². The number of carboxylic acids is 1. The van der Waals surface area contributed by atoms with E-state index in [-0.39, 0.29) is 11.4 Å². The molecule has 104 valence electrons. The number of aromatic nitrogens is 1. The van der Waals surface area contributed by atoms with Crippen molar-refractivity contribution in [3.8, 4) is 0 Å². The molecule has 0 atom stereocenters. The Bertz CT molecular complexity index is 632. The number of carboxylic acid groups (broad SMARTS) is 1. The predicted molar refractivity (Wildman–Crippen MR) is 77.4 cm³/mol. The van der Waals surface area contributed by atoms with Gasteiger partial charge in [-0.05, 0) is 39.7 Å². The predicted octanol–water partition coefficient (Wildman–Crippen LogP) is 3.32. The van der Waals surface area contributed by atoms with Gasteiger partial charge in [0.2, 0.25) is 0 Å². The molecular formula is C14H12BrFN2O2. The van der Waals surface area contributed by atoms with Gasteiger partial charge in [0, 0.05) is 24.3 Å². The molecule has 0 aliphatic heterocycles. The summed E-state index contributed by atoms with van der Waals surface area (Å²) in [6.45, 7) is 0.440. The molecular weight excluding hydrogens is 327 g/mol. The van der Waals surface area contributed by atoms with Crippen molar-refractivity contribution in [3.63, 3.8) is 0 Å². The van der Waals surface area contributed by atoms with Gasteiger partial charge in [0.15, 0.2) is 0 Å². The van der Waals surface area contributed by atoms with E-state index in [1.165, 1.54) is 18.2 Å². The third-order valence-electron chi connectivity index (χ3n) is 2.76. The van der Waals surface area contributed by atoms with E-state index >= 15 is 0 Å². The maximum absolute atomic E-state index is 12.9. The molecule has 1 N–H and O–H groups in total. The SMILES string of the molecule is CN(Cc1ccc(F)cc1)c1ncc(Br)cc1C(=O)O. The Labute approximate surface area is 124 Å². The van der Waals surface area contributed by atoms with Gasteiger partial charge in [0.25, 0.3) is 0 Å². The Morgan fingerprint density at radius 1 is 1.40 bits per heavy atom. The lowest BCUT2D eigenvalue weighted by Gasteiger charge is -2.20. The highest BCUT2D eigenvalue weighted by Crippen LogP contribution is 2.22. The number of hydrogen-bond acceptors (Lipinski definition) is 3. The molecule has 0 aliphatic rings. The maximum atomic E-state index is 12.9. The number of benzene rings is 1. The van der Waals surface area contributed by atoms with Gasteiger partial charge in [-0.1, -0.05) is 12.1 Å². The highest BCUT2D eigenvalue weighted by Gasteiger charge is 2.16. The molecule has 0 spiro atoms. The van der Waals surface area contributed by atoms with Gasteiger partial charge < -0.3 is 10.0 Å². The minimum atomic E-state index is -1.04. The fraction of sp³-hybridized carbons (Fsp3) is 0.143. The molecule has 0 fully saturated rings. The van der Waals surface area contributed by atoms with Crippen LogP contribution < -0.4 is 4.90 Å². The number of carbonyl (C=O) groups is 1. The van der Waals surface area contributed by atoms with E-state index in [1.807, 2.05) is 0 Å². The Morgan fingerprint density at radius 3 is 2.65 bits per heavy atom. The summed E-state index contributed by atoms with van der Waals surface area (Å²) >= 11 is 3.20. The molecule has 20 heavy (non-hydrogen) atoms. The summed E-state index contributed by atoms with van der Waals surface area (Å²) < 4.78 is 13.5. The fourth-order valence-electron chi connectivity index (χ4n) is 1.83. The van der Waals surface area contributed by atoms with Gasteiger partial charge in [0.05, 0.1) is 0 Å². The van der Waals surface area contributed by atoms with Gasteiger partial charge in [-0.2, -0.15) is 0 Å². The largest absolute Gasteiger partial charge is 0.478 e. The van der Waals surface area contributed by atoms with Crippen LogP contribution in [0.3, 0.4) is 0 Å². The lowest BCUT2D eigenvalue weighted by molar-refractivity contribution is 0.0697. The number of rotatable bonds is 4. The zero-order valence-corrected chi connectivity index (χ0v) is 12.3. The van der Waals surface area contributed by atoms with Crippen molar-refractivity contribution in [1.29, 1.82) is 0 Å². The van der Waals surface area contributed by atoms with Gasteiger partial charge >= 0.3 is 5.97 Å². The van der Waals surface area contributed by atoms with Gasteiger partial charge in [-0.15, -0.1) is 0 Å². The van der Waals surface area contributed by atoms with Crippen molar-refractivity contribution < 1.29 is 14.3 Å². The minimum Gasteiger partial charge on any atom is -0.478 e. The van der Waals surface area contributed by atoms with E-state index in [0.29, 0.717) is 16.8 Å². The van der Waals surface area contributed by atoms with Crippen LogP contribution in [-0.2, 0) is 6.54 Å². The van der Waals surface area contributed by atoms with Crippen LogP contribution >= 0.6 is 15.9 Å². The summed E-state index contributed by atoms with van der Waals surface area (Å²) in [5.74, 6) is -0.978. The summed E-state index contributed by atoms with van der Waals surface area (Å²) in [7, 11) is 1.74. The van der Waals surface area contributed by atoms with Crippen molar-refractivity contribution in [2.45, 2.75) is 6.54 Å². The van der Waals surface area contributed by atoms with Crippen molar-refractivity contribution in [1.82, 2.24) is 4.98 Å². The summed E-state index contributed by atoms with van der Waals surface area (Å²) in [6, 6.07) is 7.56. The summed E-state index contributed by atoms with van der Waals surface area (Å²) in [5, 5.41) is 9.20. The number of halogens is 2. The van der Waals surface area contributed by atoms with E-state index in [0.717, 1.165) is 5.56 Å². The first kappa shape index (κ1) is 14.5. The molecule has 4 nitrogen and oxygen atoms in total. The van der Waals surface area contributed by atoms with Crippen LogP contribution in [0.15, 0.2) is 41.0 Å². The number of nitrogens with zero attached hydrogens (tertiary/aromatic N) is 2. The van der Waals surface area contributed by atoms with Crippen LogP contribution in [0.4, 0.5) is 10.2 Å². The van der Waals surface area contributed by atoms with E-state index < -0.39 is 5.97 Å². The molecule has 2 rings (SSSR count). The molecule has 0 saturated carbocycles. The molecule has 0 saturated heterocycles. The zero-order chi connectivity index (χ0) is 14.7. The van der Waals surface area contributed by atoms with Crippen LogP contribution in [0.1, 0.15) is 15.9 Å². The normalized spacial score (nSPS) is 10.3. The second kappa shape index (κ2) is 6.00. The smallest absolute Gasteiger partial charge is 0.339 e. The molecule has 0 bridgehead atoms. The second-order valence-corrected chi connectivity index (χ2v) is 5.23. The second-order valence-electron chi connectivity index (χ2n) is 4.31. The average molecular weight is 339 g/mol. The Kier molecular flexibility index (Phi) is 4.34. The van der Waals surface area contributed by atoms with Crippen molar-refractivity contribution in [3.05, 3.63) is 57.9 Å². The first-order chi connectivity index (χ1) is 9.47. The minimum absolute atomic E-state index is 0.115. The Hall–Kier alpha value is -1.95. The molecule has 0 radical (unpaired) electrons. The molecule has 0 amide bonds. The number of hydrogen-bond donors (Lipinski definition) is 1. The van der Waals surface area contributed by atoms with Crippen molar-refractivity contribution in [2.24, 2.45) is 0 Å². The highest BCUT2D eigenvalue weighted by atomic mass is 79.9. The van der Waals surface area contributed by atoms with E-state index in [4.69, 9.17) is 0 Å². The van der Waals surface area contributed by atoms with Crippen molar-refractivity contribution in [2.75, 3.05) is 11.9 Å². The first-order valence-corrected chi connectivity index (χ1v) is 6.61. The van der Waals surface area contributed by atoms with Gasteiger partial charge in [-0.3, -0.25) is 0 Å². The van der Waals surface area contributed by atoms with Crippen LogP contribution in [0.25, 0.3) is 0 Å². The molecule has 0 aliphatic carbocycles. The standard InChI is InChI=1S/C14H12BrFN2O2/c1-18(8-9-2-4-11(16)5-3-9)13-12(14(19)20)6-10(15)7-17-13/h2-7H,8H2,1H3,(H,19,20).